The van der Waals surface area contributed by atoms with Crippen LogP contribution in [0.4, 0.5) is 0 Å². The molecule has 1 aliphatic heterocycles. The van der Waals surface area contributed by atoms with Crippen LogP contribution in [0.3, 0.4) is 0 Å². The molecule has 0 atom stereocenters. The number of rotatable bonds is 3. The van der Waals surface area contributed by atoms with Crippen LogP contribution in [0.25, 0.3) is 0 Å². The molecule has 0 bridgehead atoms. The van der Waals surface area contributed by atoms with Gasteiger partial charge >= 0.3 is 0 Å². The van der Waals surface area contributed by atoms with E-state index in [-0.39, 0.29) is 0 Å². The van der Waals surface area contributed by atoms with Gasteiger partial charge in [-0.05, 0) is 37.5 Å². The number of hydrogen-bond donors (Lipinski definition) is 0. The fraction of sp³-hybridized carbons (Fsp3) is 0.917. The van der Waals surface area contributed by atoms with Crippen LogP contribution >= 0.6 is 0 Å². The van der Waals surface area contributed by atoms with Gasteiger partial charge in [0.1, 0.15) is 0 Å². The van der Waals surface area contributed by atoms with E-state index in [2.05, 4.69) is 18.7 Å². The minimum absolute atomic E-state index is 0.402. The van der Waals surface area contributed by atoms with Crippen molar-refractivity contribution < 1.29 is 4.79 Å². The van der Waals surface area contributed by atoms with E-state index in [4.69, 9.17) is 0 Å². The van der Waals surface area contributed by atoms with E-state index in [0.29, 0.717) is 17.2 Å². The van der Waals surface area contributed by atoms with Crippen LogP contribution in [0.1, 0.15) is 46.0 Å². The van der Waals surface area contributed by atoms with Gasteiger partial charge in [0.05, 0.1) is 0 Å². The topological polar surface area (TPSA) is 20.3 Å². The van der Waals surface area contributed by atoms with Gasteiger partial charge in [-0.25, -0.2) is 0 Å². The van der Waals surface area contributed by atoms with Crippen molar-refractivity contribution in [1.82, 2.24) is 4.90 Å². The molecular weight excluding hydrogens is 174 g/mol. The highest BCUT2D eigenvalue weighted by molar-refractivity contribution is 5.81. The van der Waals surface area contributed by atoms with Gasteiger partial charge in [0.15, 0.2) is 0 Å². The van der Waals surface area contributed by atoms with Crippen LogP contribution in [-0.4, -0.2) is 23.9 Å². The summed E-state index contributed by atoms with van der Waals surface area (Å²) < 4.78 is 0. The number of nitrogens with zero attached hydrogens (tertiary/aromatic N) is 1. The molecule has 2 rings (SSSR count). The van der Waals surface area contributed by atoms with Gasteiger partial charge in [0.25, 0.3) is 0 Å². The van der Waals surface area contributed by atoms with Crippen LogP contribution in [0.5, 0.6) is 0 Å². The van der Waals surface area contributed by atoms with Gasteiger partial charge in [-0.1, -0.05) is 13.8 Å². The summed E-state index contributed by atoms with van der Waals surface area (Å²) in [6, 6.07) is 0. The maximum atomic E-state index is 11.9. The molecule has 2 nitrogen and oxygen atoms in total. The Morgan fingerprint density at radius 1 is 1.36 bits per heavy atom. The molecule has 0 radical (unpaired) electrons. The van der Waals surface area contributed by atoms with Gasteiger partial charge in [-0.3, -0.25) is 4.79 Å². The van der Waals surface area contributed by atoms with Gasteiger partial charge < -0.3 is 4.90 Å². The second kappa shape index (κ2) is 3.56. The predicted octanol–water partition coefficient (Wildman–Crippen LogP) is 2.44. The minimum atomic E-state index is 0.402. The molecule has 0 aromatic heterocycles. The van der Waals surface area contributed by atoms with Crippen molar-refractivity contribution in [2.45, 2.75) is 46.0 Å². The Hall–Kier alpha value is -0.530. The first-order valence-corrected chi connectivity index (χ1v) is 5.99. The summed E-state index contributed by atoms with van der Waals surface area (Å²) in [7, 11) is 0. The van der Waals surface area contributed by atoms with Crippen molar-refractivity contribution in [3.63, 3.8) is 0 Å². The third-order valence-corrected chi connectivity index (χ3v) is 4.18. The highest BCUT2D eigenvalue weighted by Crippen LogP contribution is 2.40. The molecule has 1 aliphatic carbocycles. The molecule has 0 unspecified atom stereocenters. The fourth-order valence-electron chi connectivity index (χ4n) is 2.54. The average molecular weight is 195 g/mol. The van der Waals surface area contributed by atoms with E-state index < -0.39 is 0 Å². The lowest BCUT2D eigenvalue weighted by Crippen LogP contribution is -2.32. The largest absolute Gasteiger partial charge is 0.342 e. The Morgan fingerprint density at radius 2 is 2.00 bits per heavy atom. The first kappa shape index (κ1) is 10.0. The fourth-order valence-corrected chi connectivity index (χ4v) is 2.54. The second-order valence-electron chi connectivity index (χ2n) is 4.99. The predicted molar refractivity (Wildman–Crippen MR) is 56.9 cm³/mol. The minimum Gasteiger partial charge on any atom is -0.342 e. The summed E-state index contributed by atoms with van der Waals surface area (Å²) in [6.07, 6.45) is 5.94. The smallest absolute Gasteiger partial charge is 0.225 e. The van der Waals surface area contributed by atoms with Crippen LogP contribution in [-0.2, 0) is 4.79 Å². The van der Waals surface area contributed by atoms with Crippen molar-refractivity contribution in [2.75, 3.05) is 13.1 Å². The van der Waals surface area contributed by atoms with E-state index in [1.807, 2.05) is 0 Å². The standard InChI is InChI=1S/C12H21NO/c1-3-12(4-2)7-8-13(9-12)11(14)10-5-6-10/h10H,3-9H2,1-2H3. The third-order valence-electron chi connectivity index (χ3n) is 4.18. The molecule has 1 amide bonds. The molecule has 2 fully saturated rings. The van der Waals surface area contributed by atoms with Crippen LogP contribution in [0.15, 0.2) is 0 Å². The number of carbonyl (C=O) groups is 1. The highest BCUT2D eigenvalue weighted by atomic mass is 16.2. The summed E-state index contributed by atoms with van der Waals surface area (Å²) in [5.41, 5.74) is 0.449. The molecule has 1 heterocycles. The van der Waals surface area contributed by atoms with Gasteiger partial charge in [-0.2, -0.15) is 0 Å². The number of amides is 1. The summed E-state index contributed by atoms with van der Waals surface area (Å²) in [4.78, 5) is 14.0. The molecule has 2 heteroatoms. The maximum absolute atomic E-state index is 11.9. The zero-order chi connectivity index (χ0) is 10.2. The van der Waals surface area contributed by atoms with E-state index in [0.717, 1.165) is 25.9 Å². The van der Waals surface area contributed by atoms with Gasteiger partial charge in [0.2, 0.25) is 5.91 Å². The molecule has 0 aromatic rings. The Balaban J connectivity index is 1.95. The summed E-state index contributed by atoms with van der Waals surface area (Å²) in [5, 5.41) is 0. The van der Waals surface area contributed by atoms with Crippen molar-refractivity contribution in [3.8, 4) is 0 Å². The van der Waals surface area contributed by atoms with Crippen LogP contribution in [0, 0.1) is 11.3 Å². The van der Waals surface area contributed by atoms with Crippen molar-refractivity contribution in [2.24, 2.45) is 11.3 Å². The maximum Gasteiger partial charge on any atom is 0.225 e. The molecule has 0 aromatic carbocycles. The van der Waals surface area contributed by atoms with Crippen molar-refractivity contribution >= 4 is 5.91 Å². The molecule has 1 saturated carbocycles. The Morgan fingerprint density at radius 3 is 2.43 bits per heavy atom. The molecule has 0 N–H and O–H groups in total. The molecule has 2 aliphatic rings. The molecule has 1 saturated heterocycles. The third kappa shape index (κ3) is 1.67. The molecule has 14 heavy (non-hydrogen) atoms. The number of carbonyl (C=O) groups excluding carboxylic acids is 1. The lowest BCUT2D eigenvalue weighted by molar-refractivity contribution is -0.131. The molecule has 80 valence electrons. The van der Waals surface area contributed by atoms with Gasteiger partial charge in [-0.15, -0.1) is 0 Å². The van der Waals surface area contributed by atoms with E-state index >= 15 is 0 Å². The Kier molecular flexibility index (Phi) is 2.54. The molecule has 0 spiro atoms. The van der Waals surface area contributed by atoms with Crippen molar-refractivity contribution in [3.05, 3.63) is 0 Å². The number of hydrogen-bond acceptors (Lipinski definition) is 1. The average Bonchev–Trinajstić information content (AvgIpc) is 2.97. The van der Waals surface area contributed by atoms with Crippen LogP contribution < -0.4 is 0 Å². The lowest BCUT2D eigenvalue weighted by Gasteiger charge is -2.26. The normalized spacial score (nSPS) is 25.4. The zero-order valence-corrected chi connectivity index (χ0v) is 9.38. The summed E-state index contributed by atoms with van der Waals surface area (Å²) in [6.45, 7) is 6.55. The highest BCUT2D eigenvalue weighted by Gasteiger charge is 2.41. The second-order valence-corrected chi connectivity index (χ2v) is 4.99. The quantitative estimate of drug-likeness (QED) is 0.677. The van der Waals surface area contributed by atoms with Crippen LogP contribution in [0.2, 0.25) is 0 Å². The van der Waals surface area contributed by atoms with Crippen molar-refractivity contribution in [1.29, 1.82) is 0 Å². The zero-order valence-electron chi connectivity index (χ0n) is 9.38. The van der Waals surface area contributed by atoms with Gasteiger partial charge in [0, 0.05) is 19.0 Å². The summed E-state index contributed by atoms with van der Waals surface area (Å²) in [5.74, 6) is 0.841. The first-order chi connectivity index (χ1) is 6.71. The number of likely N-dealkylation sites (tertiary alicyclic amines) is 1. The van der Waals surface area contributed by atoms with E-state index in [1.165, 1.54) is 19.3 Å². The first-order valence-electron chi connectivity index (χ1n) is 5.99. The SMILES string of the molecule is CCC1(CC)CCN(C(=O)C2CC2)C1. The summed E-state index contributed by atoms with van der Waals surface area (Å²) >= 11 is 0. The van der Waals surface area contributed by atoms with E-state index in [1.54, 1.807) is 0 Å². The lowest BCUT2D eigenvalue weighted by atomic mass is 9.82. The molecular formula is C12H21NO. The Bertz CT molecular complexity index is 228. The monoisotopic (exact) mass is 195 g/mol. The van der Waals surface area contributed by atoms with E-state index in [9.17, 15) is 4.79 Å². The Labute approximate surface area is 86.7 Å².